The summed E-state index contributed by atoms with van der Waals surface area (Å²) in [6.45, 7) is 3.14. The summed E-state index contributed by atoms with van der Waals surface area (Å²) in [6, 6.07) is 2.94. The Morgan fingerprint density at radius 1 is 1.31 bits per heavy atom. The second-order valence-corrected chi connectivity index (χ2v) is 2.79. The fourth-order valence-electron chi connectivity index (χ4n) is 1.04. The van der Waals surface area contributed by atoms with Crippen LogP contribution in [-0.2, 0) is 0 Å². The summed E-state index contributed by atoms with van der Waals surface area (Å²) in [4.78, 5) is 0. The molecule has 1 aromatic carbocycles. The molecule has 0 unspecified atom stereocenters. The van der Waals surface area contributed by atoms with Crippen LogP contribution in [0.4, 0.5) is 0 Å². The van der Waals surface area contributed by atoms with Gasteiger partial charge in [0.05, 0.1) is 5.71 Å². The minimum atomic E-state index is -0.0599. The third-order valence-corrected chi connectivity index (χ3v) is 1.94. The first-order chi connectivity index (χ1) is 6.07. The highest BCUT2D eigenvalue weighted by atomic mass is 16.4. The number of rotatable bonds is 1. The van der Waals surface area contributed by atoms with Crippen LogP contribution in [0.5, 0.6) is 11.5 Å². The molecule has 0 atom stereocenters. The van der Waals surface area contributed by atoms with E-state index in [2.05, 4.69) is 5.16 Å². The fraction of sp³-hybridized carbons (Fsp3) is 0.222. The van der Waals surface area contributed by atoms with E-state index in [1.807, 2.05) is 0 Å². The smallest absolute Gasteiger partial charge is 0.131 e. The highest BCUT2D eigenvalue weighted by Gasteiger charge is 2.10. The fourth-order valence-corrected chi connectivity index (χ4v) is 1.04. The molecule has 4 heteroatoms. The maximum absolute atomic E-state index is 9.53. The quantitative estimate of drug-likeness (QED) is 0.350. The number of nitrogens with zero attached hydrogens (tertiary/aromatic N) is 1. The van der Waals surface area contributed by atoms with Crippen LogP contribution in [0.25, 0.3) is 0 Å². The molecule has 0 saturated carbocycles. The van der Waals surface area contributed by atoms with E-state index < -0.39 is 0 Å². The first kappa shape index (κ1) is 9.38. The van der Waals surface area contributed by atoms with Gasteiger partial charge in [0.25, 0.3) is 0 Å². The van der Waals surface area contributed by atoms with Crippen molar-refractivity contribution in [2.75, 3.05) is 0 Å². The molecule has 0 bridgehead atoms. The Balaban J connectivity index is 3.34. The number of phenolic OH excluding ortho intramolecular Hbond substituents is 2. The van der Waals surface area contributed by atoms with Gasteiger partial charge in [-0.1, -0.05) is 5.16 Å². The minimum Gasteiger partial charge on any atom is -0.508 e. The standard InChI is InChI=1S/C9H11NO3/c1-5-8(11)4-3-7(9(5)12)6(2)10-13/h3-4,11-13H,1-2H3. The molecule has 0 aromatic heterocycles. The van der Waals surface area contributed by atoms with Gasteiger partial charge in [0.1, 0.15) is 11.5 Å². The van der Waals surface area contributed by atoms with Crippen molar-refractivity contribution in [1.29, 1.82) is 0 Å². The Kier molecular flexibility index (Phi) is 2.41. The molecule has 1 rings (SSSR count). The molecular weight excluding hydrogens is 170 g/mol. The van der Waals surface area contributed by atoms with Crippen LogP contribution < -0.4 is 0 Å². The molecule has 0 radical (unpaired) electrons. The molecule has 0 aliphatic heterocycles. The van der Waals surface area contributed by atoms with Gasteiger partial charge in [-0.3, -0.25) is 0 Å². The molecule has 0 saturated heterocycles. The normalized spacial score (nSPS) is 11.7. The van der Waals surface area contributed by atoms with Crippen LogP contribution in [-0.4, -0.2) is 21.1 Å². The molecule has 0 aliphatic carbocycles. The van der Waals surface area contributed by atoms with Crippen LogP contribution in [0, 0.1) is 6.92 Å². The van der Waals surface area contributed by atoms with Crippen molar-refractivity contribution in [2.45, 2.75) is 13.8 Å². The monoisotopic (exact) mass is 181 g/mol. The third-order valence-electron chi connectivity index (χ3n) is 1.94. The molecule has 13 heavy (non-hydrogen) atoms. The van der Waals surface area contributed by atoms with E-state index in [1.165, 1.54) is 12.1 Å². The molecular formula is C9H11NO3. The van der Waals surface area contributed by atoms with E-state index in [4.69, 9.17) is 5.21 Å². The maximum atomic E-state index is 9.53. The van der Waals surface area contributed by atoms with E-state index in [-0.39, 0.29) is 11.5 Å². The summed E-state index contributed by atoms with van der Waals surface area (Å²) >= 11 is 0. The maximum Gasteiger partial charge on any atom is 0.131 e. The number of phenols is 2. The minimum absolute atomic E-state index is 0.0204. The third kappa shape index (κ3) is 1.56. The van der Waals surface area contributed by atoms with Crippen molar-refractivity contribution >= 4 is 5.71 Å². The highest BCUT2D eigenvalue weighted by molar-refractivity contribution is 6.01. The van der Waals surface area contributed by atoms with E-state index in [1.54, 1.807) is 13.8 Å². The zero-order valence-electron chi connectivity index (χ0n) is 7.44. The Morgan fingerprint density at radius 2 is 1.92 bits per heavy atom. The van der Waals surface area contributed by atoms with Gasteiger partial charge in [0, 0.05) is 11.1 Å². The molecule has 3 N–H and O–H groups in total. The van der Waals surface area contributed by atoms with Crippen molar-refractivity contribution < 1.29 is 15.4 Å². The lowest BCUT2D eigenvalue weighted by Gasteiger charge is -2.06. The second-order valence-electron chi connectivity index (χ2n) is 2.79. The SMILES string of the molecule is CC(=NO)c1ccc(O)c(C)c1O. The average molecular weight is 181 g/mol. The van der Waals surface area contributed by atoms with E-state index in [0.29, 0.717) is 16.8 Å². The highest BCUT2D eigenvalue weighted by Crippen LogP contribution is 2.29. The topological polar surface area (TPSA) is 73.1 Å². The molecule has 0 heterocycles. The molecule has 70 valence electrons. The molecule has 0 fully saturated rings. The number of oxime groups is 1. The molecule has 0 amide bonds. The lowest BCUT2D eigenvalue weighted by atomic mass is 10.1. The molecule has 1 aromatic rings. The van der Waals surface area contributed by atoms with Crippen LogP contribution >= 0.6 is 0 Å². The van der Waals surface area contributed by atoms with Gasteiger partial charge < -0.3 is 15.4 Å². The summed E-state index contributed by atoms with van der Waals surface area (Å²) in [5.74, 6) is -0.0395. The average Bonchev–Trinajstić information content (AvgIpc) is 2.13. The van der Waals surface area contributed by atoms with Crippen LogP contribution in [0.1, 0.15) is 18.1 Å². The predicted octanol–water partition coefficient (Wildman–Crippen LogP) is 1.60. The van der Waals surface area contributed by atoms with Crippen molar-refractivity contribution in [3.63, 3.8) is 0 Å². The van der Waals surface area contributed by atoms with Crippen molar-refractivity contribution in [3.8, 4) is 11.5 Å². The number of hydrogen-bond donors (Lipinski definition) is 3. The predicted molar refractivity (Wildman–Crippen MR) is 48.5 cm³/mol. The van der Waals surface area contributed by atoms with Gasteiger partial charge in [-0.05, 0) is 26.0 Å². The van der Waals surface area contributed by atoms with E-state index >= 15 is 0 Å². The van der Waals surface area contributed by atoms with Gasteiger partial charge in [0.2, 0.25) is 0 Å². The summed E-state index contributed by atoms with van der Waals surface area (Å²) in [6.07, 6.45) is 0. The lowest BCUT2D eigenvalue weighted by Crippen LogP contribution is -1.96. The van der Waals surface area contributed by atoms with Crippen molar-refractivity contribution in [2.24, 2.45) is 5.16 Å². The second kappa shape index (κ2) is 3.35. The first-order valence-electron chi connectivity index (χ1n) is 3.78. The van der Waals surface area contributed by atoms with Gasteiger partial charge in [-0.25, -0.2) is 0 Å². The molecule has 4 nitrogen and oxygen atoms in total. The summed E-state index contributed by atoms with van der Waals surface area (Å²) in [5, 5.41) is 30.2. The van der Waals surface area contributed by atoms with E-state index in [9.17, 15) is 10.2 Å². The summed E-state index contributed by atoms with van der Waals surface area (Å²) < 4.78 is 0. The summed E-state index contributed by atoms with van der Waals surface area (Å²) in [5.41, 5.74) is 1.10. The van der Waals surface area contributed by atoms with Gasteiger partial charge >= 0.3 is 0 Å². The van der Waals surface area contributed by atoms with Gasteiger partial charge in [-0.15, -0.1) is 0 Å². The zero-order valence-corrected chi connectivity index (χ0v) is 7.44. The van der Waals surface area contributed by atoms with Gasteiger partial charge in [-0.2, -0.15) is 0 Å². The number of aromatic hydroxyl groups is 2. The Morgan fingerprint density at radius 3 is 2.46 bits per heavy atom. The van der Waals surface area contributed by atoms with Crippen LogP contribution in [0.2, 0.25) is 0 Å². The van der Waals surface area contributed by atoms with Crippen molar-refractivity contribution in [3.05, 3.63) is 23.3 Å². The Labute approximate surface area is 75.8 Å². The zero-order chi connectivity index (χ0) is 10.0. The van der Waals surface area contributed by atoms with Crippen LogP contribution in [0.3, 0.4) is 0 Å². The Bertz CT molecular complexity index is 358. The van der Waals surface area contributed by atoms with Crippen molar-refractivity contribution in [1.82, 2.24) is 0 Å². The van der Waals surface area contributed by atoms with Crippen LogP contribution in [0.15, 0.2) is 17.3 Å². The first-order valence-corrected chi connectivity index (χ1v) is 3.78. The van der Waals surface area contributed by atoms with Gasteiger partial charge in [0.15, 0.2) is 0 Å². The molecule has 0 aliphatic rings. The summed E-state index contributed by atoms with van der Waals surface area (Å²) in [7, 11) is 0. The Hall–Kier alpha value is -1.71. The largest absolute Gasteiger partial charge is 0.508 e. The van der Waals surface area contributed by atoms with E-state index in [0.717, 1.165) is 0 Å². The number of hydrogen-bond acceptors (Lipinski definition) is 4. The molecule has 0 spiro atoms. The number of benzene rings is 1. The lowest BCUT2D eigenvalue weighted by molar-refractivity contribution is 0.318.